The van der Waals surface area contributed by atoms with Gasteiger partial charge in [0.1, 0.15) is 5.82 Å². The fourth-order valence-corrected chi connectivity index (χ4v) is 2.36. The van der Waals surface area contributed by atoms with Gasteiger partial charge in [-0.05, 0) is 50.0 Å². The highest BCUT2D eigenvalue weighted by molar-refractivity contribution is 5.26. The van der Waals surface area contributed by atoms with E-state index in [4.69, 9.17) is 0 Å². The summed E-state index contributed by atoms with van der Waals surface area (Å²) < 4.78 is 13.2. The molecule has 0 spiro atoms. The van der Waals surface area contributed by atoms with Crippen LogP contribution in [0.2, 0.25) is 0 Å². The van der Waals surface area contributed by atoms with Crippen LogP contribution in [-0.4, -0.2) is 29.7 Å². The number of halogens is 1. The van der Waals surface area contributed by atoms with E-state index in [1.807, 2.05) is 6.07 Å². The third-order valence-electron chi connectivity index (χ3n) is 3.32. The Kier molecular flexibility index (Phi) is 3.56. The van der Waals surface area contributed by atoms with Crippen LogP contribution in [0.1, 0.15) is 30.0 Å². The Labute approximate surface area is 95.7 Å². The van der Waals surface area contributed by atoms with E-state index in [2.05, 4.69) is 4.90 Å². The van der Waals surface area contributed by atoms with E-state index in [9.17, 15) is 9.50 Å². The van der Waals surface area contributed by atoms with Crippen LogP contribution in [-0.2, 0) is 0 Å². The van der Waals surface area contributed by atoms with E-state index in [1.165, 1.54) is 18.9 Å². The van der Waals surface area contributed by atoms with Crippen molar-refractivity contribution < 1.29 is 9.50 Å². The Morgan fingerprint density at radius 3 is 2.62 bits per heavy atom. The van der Waals surface area contributed by atoms with Crippen molar-refractivity contribution in [3.05, 3.63) is 35.1 Å². The molecule has 1 N–H and O–H groups in total. The van der Waals surface area contributed by atoms with Crippen LogP contribution in [0.15, 0.2) is 18.2 Å². The molecule has 88 valence electrons. The molecule has 1 aromatic carbocycles. The maximum Gasteiger partial charge on any atom is 0.126 e. The second-order valence-electron chi connectivity index (χ2n) is 4.45. The van der Waals surface area contributed by atoms with Gasteiger partial charge in [-0.15, -0.1) is 0 Å². The summed E-state index contributed by atoms with van der Waals surface area (Å²) in [5, 5.41) is 9.46. The first-order valence-electron chi connectivity index (χ1n) is 5.83. The molecule has 0 aromatic heterocycles. The van der Waals surface area contributed by atoms with Gasteiger partial charge in [0.15, 0.2) is 0 Å². The summed E-state index contributed by atoms with van der Waals surface area (Å²) in [7, 11) is 0. The van der Waals surface area contributed by atoms with Crippen molar-refractivity contribution in [1.82, 2.24) is 4.90 Å². The Morgan fingerprint density at radius 2 is 2.06 bits per heavy atom. The first kappa shape index (κ1) is 11.6. The average Bonchev–Trinajstić information content (AvgIpc) is 2.78. The second kappa shape index (κ2) is 4.93. The smallest absolute Gasteiger partial charge is 0.126 e. The minimum absolute atomic E-state index is 0.0294. The number of likely N-dealkylation sites (tertiary alicyclic amines) is 1. The first-order valence-corrected chi connectivity index (χ1v) is 5.83. The van der Waals surface area contributed by atoms with Crippen molar-refractivity contribution in [2.24, 2.45) is 0 Å². The summed E-state index contributed by atoms with van der Waals surface area (Å²) in [5.74, 6) is -0.179. The summed E-state index contributed by atoms with van der Waals surface area (Å²) in [5.41, 5.74) is 1.67. The third kappa shape index (κ3) is 2.25. The summed E-state index contributed by atoms with van der Waals surface area (Å²) in [4.78, 5) is 2.27. The Bertz CT molecular complexity index is 361. The van der Waals surface area contributed by atoms with Crippen LogP contribution in [0.4, 0.5) is 4.39 Å². The third-order valence-corrected chi connectivity index (χ3v) is 3.32. The number of rotatable bonds is 3. The van der Waals surface area contributed by atoms with Crippen molar-refractivity contribution in [1.29, 1.82) is 0 Å². The van der Waals surface area contributed by atoms with Crippen LogP contribution in [0, 0.1) is 12.7 Å². The maximum absolute atomic E-state index is 13.2. The molecule has 1 aliphatic rings. The van der Waals surface area contributed by atoms with Crippen LogP contribution in [0.25, 0.3) is 0 Å². The van der Waals surface area contributed by atoms with E-state index in [0.29, 0.717) is 5.56 Å². The first-order chi connectivity index (χ1) is 7.72. The van der Waals surface area contributed by atoms with E-state index in [-0.39, 0.29) is 18.5 Å². The molecule has 1 unspecified atom stereocenters. The minimum Gasteiger partial charge on any atom is -0.394 e. The van der Waals surface area contributed by atoms with Gasteiger partial charge in [0.05, 0.1) is 12.6 Å². The maximum atomic E-state index is 13.2. The van der Waals surface area contributed by atoms with Crippen LogP contribution >= 0.6 is 0 Å². The molecule has 1 aliphatic heterocycles. The zero-order chi connectivity index (χ0) is 11.5. The lowest BCUT2D eigenvalue weighted by Gasteiger charge is -2.26. The Hall–Kier alpha value is -0.930. The van der Waals surface area contributed by atoms with E-state index < -0.39 is 0 Å². The Balaban J connectivity index is 2.22. The summed E-state index contributed by atoms with van der Waals surface area (Å²) in [6.45, 7) is 3.92. The van der Waals surface area contributed by atoms with Crippen molar-refractivity contribution in [2.75, 3.05) is 19.7 Å². The van der Waals surface area contributed by atoms with Crippen LogP contribution in [0.3, 0.4) is 0 Å². The SMILES string of the molecule is Cc1cc(C(CO)N2CCCC2)ccc1F. The standard InChI is InChI=1S/C13H18FNO/c1-10-8-11(4-5-12(10)14)13(9-16)15-6-2-3-7-15/h4-5,8,13,16H,2-3,6-7,9H2,1H3. The largest absolute Gasteiger partial charge is 0.394 e. The summed E-state index contributed by atoms with van der Waals surface area (Å²) in [6, 6.07) is 5.14. The summed E-state index contributed by atoms with van der Waals surface area (Å²) in [6.07, 6.45) is 2.38. The minimum atomic E-state index is -0.179. The lowest BCUT2D eigenvalue weighted by molar-refractivity contribution is 0.147. The van der Waals surface area contributed by atoms with E-state index in [1.54, 1.807) is 13.0 Å². The van der Waals surface area contributed by atoms with Gasteiger partial charge in [-0.25, -0.2) is 4.39 Å². The van der Waals surface area contributed by atoms with Gasteiger partial charge in [-0.3, -0.25) is 4.90 Å². The van der Waals surface area contributed by atoms with E-state index >= 15 is 0 Å². The highest BCUT2D eigenvalue weighted by Gasteiger charge is 2.22. The molecule has 2 rings (SSSR count). The molecular weight excluding hydrogens is 205 g/mol. The molecule has 3 heteroatoms. The van der Waals surface area contributed by atoms with Gasteiger partial charge >= 0.3 is 0 Å². The fourth-order valence-electron chi connectivity index (χ4n) is 2.36. The molecular formula is C13H18FNO. The van der Waals surface area contributed by atoms with Gasteiger partial charge in [-0.2, -0.15) is 0 Å². The highest BCUT2D eigenvalue weighted by Crippen LogP contribution is 2.25. The number of benzene rings is 1. The number of aliphatic hydroxyl groups is 1. The molecule has 0 bridgehead atoms. The molecule has 0 amide bonds. The topological polar surface area (TPSA) is 23.5 Å². The number of aliphatic hydroxyl groups excluding tert-OH is 1. The number of aryl methyl sites for hydroxylation is 1. The van der Waals surface area contributed by atoms with Crippen LogP contribution in [0.5, 0.6) is 0 Å². The fraction of sp³-hybridized carbons (Fsp3) is 0.538. The molecule has 1 aromatic rings. The zero-order valence-electron chi connectivity index (χ0n) is 9.62. The van der Waals surface area contributed by atoms with Gasteiger partial charge in [-0.1, -0.05) is 12.1 Å². The van der Waals surface area contributed by atoms with E-state index in [0.717, 1.165) is 18.7 Å². The molecule has 1 fully saturated rings. The van der Waals surface area contributed by atoms with Crippen LogP contribution < -0.4 is 0 Å². The molecule has 2 nitrogen and oxygen atoms in total. The van der Waals surface area contributed by atoms with Gasteiger partial charge in [0.25, 0.3) is 0 Å². The Morgan fingerprint density at radius 1 is 1.38 bits per heavy atom. The predicted octanol–water partition coefficient (Wildman–Crippen LogP) is 2.26. The number of hydrogen-bond acceptors (Lipinski definition) is 2. The molecule has 1 saturated heterocycles. The normalized spacial score (nSPS) is 18.9. The van der Waals surface area contributed by atoms with Crippen molar-refractivity contribution in [2.45, 2.75) is 25.8 Å². The lowest BCUT2D eigenvalue weighted by Crippen LogP contribution is -2.28. The monoisotopic (exact) mass is 223 g/mol. The van der Waals surface area contributed by atoms with Crippen molar-refractivity contribution in [3.8, 4) is 0 Å². The number of hydrogen-bond donors (Lipinski definition) is 1. The van der Waals surface area contributed by atoms with Gasteiger partial charge in [0, 0.05) is 0 Å². The highest BCUT2D eigenvalue weighted by atomic mass is 19.1. The van der Waals surface area contributed by atoms with Gasteiger partial charge < -0.3 is 5.11 Å². The van der Waals surface area contributed by atoms with Crippen molar-refractivity contribution in [3.63, 3.8) is 0 Å². The summed E-state index contributed by atoms with van der Waals surface area (Å²) >= 11 is 0. The molecule has 0 saturated carbocycles. The average molecular weight is 223 g/mol. The van der Waals surface area contributed by atoms with Crippen molar-refractivity contribution >= 4 is 0 Å². The molecule has 1 atom stereocenters. The molecule has 0 aliphatic carbocycles. The number of nitrogens with zero attached hydrogens (tertiary/aromatic N) is 1. The lowest BCUT2D eigenvalue weighted by atomic mass is 10.0. The molecule has 1 heterocycles. The zero-order valence-corrected chi connectivity index (χ0v) is 9.62. The molecule has 0 radical (unpaired) electrons. The molecule has 16 heavy (non-hydrogen) atoms. The second-order valence-corrected chi connectivity index (χ2v) is 4.45. The predicted molar refractivity (Wildman–Crippen MR) is 61.8 cm³/mol. The quantitative estimate of drug-likeness (QED) is 0.849. The van der Waals surface area contributed by atoms with Gasteiger partial charge in [0.2, 0.25) is 0 Å².